The van der Waals surface area contributed by atoms with E-state index in [1.54, 1.807) is 30.3 Å². The largest absolute Gasteiger partial charge is 0.457 e. The molecule has 4 aromatic rings. The van der Waals surface area contributed by atoms with E-state index in [0.29, 0.717) is 28.5 Å². The van der Waals surface area contributed by atoms with Crippen LogP contribution in [0.2, 0.25) is 0 Å². The van der Waals surface area contributed by atoms with E-state index in [4.69, 9.17) is 4.74 Å². The van der Waals surface area contributed by atoms with Gasteiger partial charge in [0.1, 0.15) is 16.4 Å². The smallest absolute Gasteiger partial charge is 0.427 e. The number of carbonyl (C=O) groups is 1. The molecule has 0 fully saturated rings. The van der Waals surface area contributed by atoms with Gasteiger partial charge in [-0.2, -0.15) is 13.2 Å². The summed E-state index contributed by atoms with van der Waals surface area (Å²) in [6, 6.07) is 19.1. The zero-order chi connectivity index (χ0) is 23.3. The standard InChI is InChI=1S/C23H16F3N3O2S2/c24-23(25,26)21-20(15-5-4-12-27-13-15)29-22(33-21)32-14-19(30)28-16-8-10-18(11-9-16)31-17-6-2-1-3-7-17/h1-13H,14H2,(H,28,30). The number of thiazole rings is 1. The first-order chi connectivity index (χ1) is 15.9. The van der Waals surface area contributed by atoms with Gasteiger partial charge in [0.15, 0.2) is 4.34 Å². The molecule has 0 bridgehead atoms. The summed E-state index contributed by atoms with van der Waals surface area (Å²) >= 11 is 1.46. The third-order valence-corrected chi connectivity index (χ3v) is 6.49. The van der Waals surface area contributed by atoms with E-state index in [9.17, 15) is 18.0 Å². The molecule has 2 heterocycles. The molecule has 2 aromatic carbocycles. The fourth-order valence-electron chi connectivity index (χ4n) is 2.81. The molecule has 0 spiro atoms. The maximum absolute atomic E-state index is 13.5. The number of aromatic nitrogens is 2. The normalized spacial score (nSPS) is 11.2. The molecule has 4 rings (SSSR count). The number of hydrogen-bond donors (Lipinski definition) is 1. The van der Waals surface area contributed by atoms with Crippen molar-refractivity contribution in [2.24, 2.45) is 0 Å². The van der Waals surface area contributed by atoms with Crippen molar-refractivity contribution < 1.29 is 22.7 Å². The predicted molar refractivity (Wildman–Crippen MR) is 123 cm³/mol. The van der Waals surface area contributed by atoms with Gasteiger partial charge in [0.25, 0.3) is 0 Å². The topological polar surface area (TPSA) is 64.1 Å². The second-order valence-electron chi connectivity index (χ2n) is 6.67. The van der Waals surface area contributed by atoms with Crippen LogP contribution >= 0.6 is 23.1 Å². The summed E-state index contributed by atoms with van der Waals surface area (Å²) in [7, 11) is 0. The Balaban J connectivity index is 1.37. The molecule has 1 amide bonds. The van der Waals surface area contributed by atoms with Crippen molar-refractivity contribution in [1.29, 1.82) is 0 Å². The number of rotatable bonds is 7. The highest BCUT2D eigenvalue weighted by Gasteiger charge is 2.37. The first-order valence-electron chi connectivity index (χ1n) is 9.62. The number of carbonyl (C=O) groups excluding carboxylic acids is 1. The lowest BCUT2D eigenvalue weighted by Gasteiger charge is -2.07. The van der Waals surface area contributed by atoms with Crippen molar-refractivity contribution in [1.82, 2.24) is 9.97 Å². The maximum Gasteiger partial charge on any atom is 0.427 e. The maximum atomic E-state index is 13.5. The number of ether oxygens (including phenoxy) is 1. The predicted octanol–water partition coefficient (Wildman–Crippen LogP) is 6.75. The number of pyridine rings is 1. The molecule has 1 N–H and O–H groups in total. The van der Waals surface area contributed by atoms with Crippen LogP contribution in [0.1, 0.15) is 4.88 Å². The van der Waals surface area contributed by atoms with Crippen LogP contribution in [0.15, 0.2) is 83.5 Å². The Morgan fingerprint density at radius 3 is 2.39 bits per heavy atom. The number of halogens is 3. The van der Waals surface area contributed by atoms with Crippen LogP contribution in [-0.2, 0) is 11.0 Å². The molecule has 2 aromatic heterocycles. The minimum atomic E-state index is -4.55. The minimum Gasteiger partial charge on any atom is -0.457 e. The van der Waals surface area contributed by atoms with Gasteiger partial charge in [-0.1, -0.05) is 30.0 Å². The minimum absolute atomic E-state index is 0.0838. The number of para-hydroxylation sites is 1. The molecule has 0 unspecified atom stereocenters. The zero-order valence-corrected chi connectivity index (χ0v) is 18.5. The van der Waals surface area contributed by atoms with Gasteiger partial charge in [0.05, 0.1) is 11.4 Å². The van der Waals surface area contributed by atoms with Crippen LogP contribution in [-0.4, -0.2) is 21.6 Å². The quantitative estimate of drug-likeness (QED) is 0.292. The van der Waals surface area contributed by atoms with Crippen molar-refractivity contribution >= 4 is 34.7 Å². The fourth-order valence-corrected chi connectivity index (χ4v) is 4.64. The Morgan fingerprint density at radius 1 is 1.00 bits per heavy atom. The van der Waals surface area contributed by atoms with Crippen LogP contribution in [0.4, 0.5) is 18.9 Å². The third-order valence-electron chi connectivity index (χ3n) is 4.24. The Labute approximate surface area is 195 Å². The van der Waals surface area contributed by atoms with Crippen LogP contribution in [0.3, 0.4) is 0 Å². The van der Waals surface area contributed by atoms with Crippen LogP contribution in [0.5, 0.6) is 11.5 Å². The van der Waals surface area contributed by atoms with Crippen LogP contribution in [0, 0.1) is 0 Å². The Morgan fingerprint density at radius 2 is 1.73 bits per heavy atom. The van der Waals surface area contributed by atoms with E-state index in [1.165, 1.54) is 18.5 Å². The number of benzene rings is 2. The monoisotopic (exact) mass is 487 g/mol. The summed E-state index contributed by atoms with van der Waals surface area (Å²) in [5.74, 6) is 0.861. The van der Waals surface area contributed by atoms with Gasteiger partial charge in [-0.05, 0) is 48.5 Å². The average Bonchev–Trinajstić information content (AvgIpc) is 3.26. The molecule has 10 heteroatoms. The highest BCUT2D eigenvalue weighted by Crippen LogP contribution is 2.43. The second kappa shape index (κ2) is 10.1. The molecular formula is C23H16F3N3O2S2. The summed E-state index contributed by atoms with van der Waals surface area (Å²) in [6.45, 7) is 0. The number of thioether (sulfide) groups is 1. The van der Waals surface area contributed by atoms with Gasteiger partial charge in [0, 0.05) is 23.6 Å². The summed E-state index contributed by atoms with van der Waals surface area (Å²) < 4.78 is 46.2. The fraction of sp³-hybridized carbons (Fsp3) is 0.0870. The first kappa shape index (κ1) is 22.8. The van der Waals surface area contributed by atoms with E-state index in [1.807, 2.05) is 30.3 Å². The van der Waals surface area contributed by atoms with Gasteiger partial charge in [0.2, 0.25) is 5.91 Å². The molecule has 0 saturated heterocycles. The zero-order valence-electron chi connectivity index (χ0n) is 16.9. The average molecular weight is 488 g/mol. The first-order valence-corrected chi connectivity index (χ1v) is 11.4. The van der Waals surface area contributed by atoms with Crippen molar-refractivity contribution in [2.75, 3.05) is 11.1 Å². The molecule has 168 valence electrons. The SMILES string of the molecule is O=C(CSc1nc(-c2cccnc2)c(C(F)(F)F)s1)Nc1ccc(Oc2ccccc2)cc1. The van der Waals surface area contributed by atoms with E-state index in [-0.39, 0.29) is 27.3 Å². The molecule has 0 radical (unpaired) electrons. The molecule has 0 saturated carbocycles. The van der Waals surface area contributed by atoms with Gasteiger partial charge in [-0.25, -0.2) is 4.98 Å². The van der Waals surface area contributed by atoms with Crippen molar-refractivity contribution in [3.05, 3.63) is 84.0 Å². The Bertz CT molecular complexity index is 1220. The summed E-state index contributed by atoms with van der Waals surface area (Å²) in [6.07, 6.45) is -1.74. The third kappa shape index (κ3) is 6.11. The van der Waals surface area contributed by atoms with E-state index in [2.05, 4.69) is 15.3 Å². The molecular weight excluding hydrogens is 471 g/mol. The second-order valence-corrected chi connectivity index (χ2v) is 8.89. The number of nitrogens with zero attached hydrogens (tertiary/aromatic N) is 2. The summed E-state index contributed by atoms with van der Waals surface area (Å²) in [5.41, 5.74) is 0.639. The van der Waals surface area contributed by atoms with Gasteiger partial charge >= 0.3 is 6.18 Å². The number of anilines is 1. The van der Waals surface area contributed by atoms with Crippen molar-refractivity contribution in [2.45, 2.75) is 10.5 Å². The molecule has 0 aliphatic carbocycles. The number of amides is 1. The highest BCUT2D eigenvalue weighted by atomic mass is 32.2. The highest BCUT2D eigenvalue weighted by molar-refractivity contribution is 8.01. The molecule has 0 aliphatic heterocycles. The summed E-state index contributed by atoms with van der Waals surface area (Å²) in [4.78, 5) is 19.5. The number of alkyl halides is 3. The van der Waals surface area contributed by atoms with Gasteiger partial charge < -0.3 is 10.1 Å². The summed E-state index contributed by atoms with van der Waals surface area (Å²) in [5, 5.41) is 2.72. The lowest BCUT2D eigenvalue weighted by Crippen LogP contribution is -2.13. The van der Waals surface area contributed by atoms with Crippen LogP contribution < -0.4 is 10.1 Å². The van der Waals surface area contributed by atoms with E-state index in [0.717, 1.165) is 11.8 Å². The molecule has 33 heavy (non-hydrogen) atoms. The van der Waals surface area contributed by atoms with Crippen molar-refractivity contribution in [3.8, 4) is 22.8 Å². The lowest BCUT2D eigenvalue weighted by molar-refractivity contribution is -0.134. The number of nitrogens with one attached hydrogen (secondary N) is 1. The molecule has 0 aliphatic rings. The molecule has 0 atom stereocenters. The van der Waals surface area contributed by atoms with Gasteiger partial charge in [-0.15, -0.1) is 11.3 Å². The Hall–Kier alpha value is -3.37. The van der Waals surface area contributed by atoms with Crippen LogP contribution in [0.25, 0.3) is 11.3 Å². The number of hydrogen-bond acceptors (Lipinski definition) is 6. The Kier molecular flexibility index (Phi) is 6.95. The molecule has 5 nitrogen and oxygen atoms in total. The van der Waals surface area contributed by atoms with E-state index >= 15 is 0 Å². The van der Waals surface area contributed by atoms with E-state index < -0.39 is 11.1 Å². The van der Waals surface area contributed by atoms with Crippen molar-refractivity contribution in [3.63, 3.8) is 0 Å². The van der Waals surface area contributed by atoms with Gasteiger partial charge in [-0.3, -0.25) is 9.78 Å². The lowest BCUT2D eigenvalue weighted by atomic mass is 10.2.